The van der Waals surface area contributed by atoms with Gasteiger partial charge in [-0.2, -0.15) is 4.80 Å². The molecular weight excluding hydrogens is 334 g/mol. The zero-order valence-corrected chi connectivity index (χ0v) is 12.7. The summed E-state index contributed by atoms with van der Waals surface area (Å²) in [5.74, 6) is 0.318. The lowest BCUT2D eigenvalue weighted by Gasteiger charge is -2.08. The van der Waals surface area contributed by atoms with E-state index in [1.165, 1.54) is 4.80 Å². The van der Waals surface area contributed by atoms with E-state index in [2.05, 4.69) is 36.1 Å². The van der Waals surface area contributed by atoms with Crippen LogP contribution in [0.25, 0.3) is 0 Å². The summed E-state index contributed by atoms with van der Waals surface area (Å²) in [7, 11) is -1.98. The van der Waals surface area contributed by atoms with Crippen LogP contribution < -0.4 is 4.72 Å². The van der Waals surface area contributed by atoms with Gasteiger partial charge in [0.25, 0.3) is 0 Å². The lowest BCUT2D eigenvalue weighted by Crippen LogP contribution is -2.24. The van der Waals surface area contributed by atoms with Gasteiger partial charge in [-0.3, -0.25) is 0 Å². The summed E-state index contributed by atoms with van der Waals surface area (Å²) in [6, 6.07) is 5.01. The van der Waals surface area contributed by atoms with Gasteiger partial charge in [-0.05, 0) is 29.8 Å². The Morgan fingerprint density at radius 2 is 2.16 bits per heavy atom. The number of tetrazole rings is 1. The van der Waals surface area contributed by atoms with E-state index in [4.69, 9.17) is 0 Å². The minimum atomic E-state index is -3.60. The molecule has 0 radical (unpaired) electrons. The van der Waals surface area contributed by atoms with Crippen molar-refractivity contribution in [2.45, 2.75) is 18.4 Å². The molecule has 102 valence electrons. The first kappa shape index (κ1) is 14.1. The lowest BCUT2D eigenvalue weighted by atomic mass is 10.2. The maximum atomic E-state index is 12.2. The summed E-state index contributed by atoms with van der Waals surface area (Å²) < 4.78 is 27.5. The molecule has 0 amide bonds. The second-order valence-electron chi connectivity index (χ2n) is 3.88. The van der Waals surface area contributed by atoms with Crippen molar-refractivity contribution in [3.05, 3.63) is 34.1 Å². The first-order valence-electron chi connectivity index (χ1n) is 5.38. The van der Waals surface area contributed by atoms with Crippen molar-refractivity contribution in [3.63, 3.8) is 0 Å². The van der Waals surface area contributed by atoms with Crippen molar-refractivity contribution < 1.29 is 8.42 Å². The maximum Gasteiger partial charge on any atom is 0.241 e. The quantitative estimate of drug-likeness (QED) is 0.883. The number of nitrogens with one attached hydrogen (secondary N) is 1. The van der Waals surface area contributed by atoms with Gasteiger partial charge in [-0.1, -0.05) is 22.0 Å². The van der Waals surface area contributed by atoms with E-state index in [9.17, 15) is 8.42 Å². The van der Waals surface area contributed by atoms with Crippen LogP contribution in [0.3, 0.4) is 0 Å². The molecule has 0 spiro atoms. The molecule has 0 aliphatic heterocycles. The summed E-state index contributed by atoms with van der Waals surface area (Å²) in [6.07, 6.45) is 0. The Morgan fingerprint density at radius 1 is 1.42 bits per heavy atom. The fraction of sp³-hybridized carbons (Fsp3) is 0.300. The summed E-state index contributed by atoms with van der Waals surface area (Å²) in [6.45, 7) is 1.74. The molecule has 0 fully saturated rings. The van der Waals surface area contributed by atoms with E-state index in [-0.39, 0.29) is 11.4 Å². The van der Waals surface area contributed by atoms with Crippen LogP contribution in [0.5, 0.6) is 0 Å². The van der Waals surface area contributed by atoms with E-state index in [1.807, 2.05) is 0 Å². The highest BCUT2D eigenvalue weighted by Gasteiger charge is 2.18. The smallest absolute Gasteiger partial charge is 0.207 e. The predicted molar refractivity (Wildman–Crippen MR) is 71.7 cm³/mol. The fourth-order valence-electron chi connectivity index (χ4n) is 1.51. The van der Waals surface area contributed by atoms with Gasteiger partial charge >= 0.3 is 0 Å². The Morgan fingerprint density at radius 3 is 2.79 bits per heavy atom. The Kier molecular flexibility index (Phi) is 3.97. The number of halogens is 1. The van der Waals surface area contributed by atoms with Crippen LogP contribution in [0.4, 0.5) is 0 Å². The average molecular weight is 346 g/mol. The molecule has 1 N–H and O–H groups in total. The van der Waals surface area contributed by atoms with Gasteiger partial charge in [0.1, 0.15) is 0 Å². The van der Waals surface area contributed by atoms with E-state index in [0.29, 0.717) is 11.4 Å². The molecule has 0 atom stereocenters. The van der Waals surface area contributed by atoms with Crippen LogP contribution in [0.2, 0.25) is 0 Å². The molecule has 9 heteroatoms. The number of hydrogen-bond donors (Lipinski definition) is 1. The van der Waals surface area contributed by atoms with Crippen LogP contribution in [0.15, 0.2) is 27.6 Å². The third-order valence-electron chi connectivity index (χ3n) is 2.48. The molecule has 0 saturated carbocycles. The molecule has 7 nitrogen and oxygen atoms in total. The van der Waals surface area contributed by atoms with Crippen LogP contribution in [-0.2, 0) is 23.6 Å². The third-order valence-corrected chi connectivity index (χ3v) is 4.88. The van der Waals surface area contributed by atoms with Crippen molar-refractivity contribution in [1.82, 2.24) is 24.9 Å². The summed E-state index contributed by atoms with van der Waals surface area (Å²) >= 11 is 3.31. The maximum absolute atomic E-state index is 12.2. The molecule has 2 aromatic rings. The first-order chi connectivity index (χ1) is 8.90. The zero-order chi connectivity index (χ0) is 14.0. The van der Waals surface area contributed by atoms with Gasteiger partial charge in [0.2, 0.25) is 10.0 Å². The fourth-order valence-corrected chi connectivity index (χ4v) is 3.25. The summed E-state index contributed by atoms with van der Waals surface area (Å²) in [5.41, 5.74) is 0.655. The van der Waals surface area contributed by atoms with Crippen molar-refractivity contribution in [1.29, 1.82) is 0 Å². The molecule has 1 heterocycles. The van der Waals surface area contributed by atoms with Crippen molar-refractivity contribution in [2.24, 2.45) is 7.05 Å². The number of benzene rings is 1. The second kappa shape index (κ2) is 5.35. The molecule has 0 aliphatic rings. The van der Waals surface area contributed by atoms with Gasteiger partial charge in [-0.15, -0.1) is 10.2 Å². The number of aromatic nitrogens is 4. The summed E-state index contributed by atoms with van der Waals surface area (Å²) in [4.78, 5) is 1.50. The number of aryl methyl sites for hydroxylation is 1. The van der Waals surface area contributed by atoms with Gasteiger partial charge in [0.05, 0.1) is 18.5 Å². The zero-order valence-electron chi connectivity index (χ0n) is 10.3. The van der Waals surface area contributed by atoms with Crippen LogP contribution in [0.1, 0.15) is 11.4 Å². The van der Waals surface area contributed by atoms with E-state index < -0.39 is 10.0 Å². The monoisotopic (exact) mass is 345 g/mol. The van der Waals surface area contributed by atoms with E-state index in [0.717, 1.165) is 4.47 Å². The minimum Gasteiger partial charge on any atom is -0.207 e. The predicted octanol–water partition coefficient (Wildman–Crippen LogP) is 0.760. The number of rotatable bonds is 4. The van der Waals surface area contributed by atoms with Crippen LogP contribution in [-0.4, -0.2) is 28.6 Å². The molecule has 0 bridgehead atoms. The topological polar surface area (TPSA) is 89.8 Å². The largest absolute Gasteiger partial charge is 0.241 e. The molecule has 19 heavy (non-hydrogen) atoms. The molecule has 0 saturated heterocycles. The SMILES string of the molecule is Cc1c(Br)cccc1S(=O)(=O)NCc1nnn(C)n1. The standard InChI is InChI=1S/C10H12BrN5O2S/c1-7-8(11)4-3-5-9(7)19(17,18)12-6-10-13-15-16(2)14-10/h3-5,12H,6H2,1-2H3. The molecular formula is C10H12BrN5O2S. The van der Waals surface area contributed by atoms with Crippen molar-refractivity contribution in [3.8, 4) is 0 Å². The highest BCUT2D eigenvalue weighted by atomic mass is 79.9. The third kappa shape index (κ3) is 3.17. The van der Waals surface area contributed by atoms with Crippen LogP contribution >= 0.6 is 15.9 Å². The Labute approximate surface area is 119 Å². The second-order valence-corrected chi connectivity index (χ2v) is 6.47. The minimum absolute atomic E-state index is 0.00211. The Balaban J connectivity index is 2.21. The highest BCUT2D eigenvalue weighted by Crippen LogP contribution is 2.23. The summed E-state index contributed by atoms with van der Waals surface area (Å²) in [5, 5.41) is 11.3. The number of nitrogens with zero attached hydrogens (tertiary/aromatic N) is 4. The first-order valence-corrected chi connectivity index (χ1v) is 7.65. The average Bonchev–Trinajstić information content (AvgIpc) is 2.76. The molecule has 1 aromatic heterocycles. The normalized spacial score (nSPS) is 11.7. The van der Waals surface area contributed by atoms with Crippen LogP contribution in [0, 0.1) is 6.92 Å². The van der Waals surface area contributed by atoms with Crippen molar-refractivity contribution in [2.75, 3.05) is 0 Å². The van der Waals surface area contributed by atoms with E-state index >= 15 is 0 Å². The Bertz CT molecular complexity index is 698. The molecule has 0 aliphatic carbocycles. The number of hydrogen-bond acceptors (Lipinski definition) is 5. The van der Waals surface area contributed by atoms with Gasteiger partial charge in [-0.25, -0.2) is 13.1 Å². The molecule has 0 unspecified atom stereocenters. The van der Waals surface area contributed by atoms with Gasteiger partial charge in [0.15, 0.2) is 5.82 Å². The number of sulfonamides is 1. The Hall–Kier alpha value is -1.32. The lowest BCUT2D eigenvalue weighted by molar-refractivity contribution is 0.577. The van der Waals surface area contributed by atoms with E-state index in [1.54, 1.807) is 32.2 Å². The highest BCUT2D eigenvalue weighted by molar-refractivity contribution is 9.10. The van der Waals surface area contributed by atoms with Crippen molar-refractivity contribution >= 4 is 26.0 Å². The molecule has 2 rings (SSSR count). The van der Waals surface area contributed by atoms with Gasteiger partial charge < -0.3 is 0 Å². The molecule has 1 aromatic carbocycles. The van der Waals surface area contributed by atoms with Gasteiger partial charge in [0, 0.05) is 4.47 Å².